The zero-order valence-electron chi connectivity index (χ0n) is 14.1. The molecule has 1 N–H and O–H groups in total. The molecule has 0 saturated heterocycles. The van der Waals surface area contributed by atoms with Gasteiger partial charge in [0.1, 0.15) is 17.1 Å². The highest BCUT2D eigenvalue weighted by Crippen LogP contribution is 2.50. The van der Waals surface area contributed by atoms with Crippen molar-refractivity contribution in [3.8, 4) is 11.5 Å². The van der Waals surface area contributed by atoms with Gasteiger partial charge in [-0.25, -0.2) is 0 Å². The maximum absolute atomic E-state index is 12.0. The van der Waals surface area contributed by atoms with E-state index >= 15 is 0 Å². The minimum Gasteiger partial charge on any atom is -0.457 e. The fourth-order valence-electron chi connectivity index (χ4n) is 3.47. The SMILES string of the molecule is CCOCc1ccccc1C1(O)c2ccccc2Oc2ccccc21. The van der Waals surface area contributed by atoms with Crippen molar-refractivity contribution in [2.45, 2.75) is 19.1 Å². The summed E-state index contributed by atoms with van der Waals surface area (Å²) in [5, 5.41) is 12.0. The number of hydrogen-bond acceptors (Lipinski definition) is 3. The first-order valence-corrected chi connectivity index (χ1v) is 8.50. The molecule has 1 heterocycles. The molecule has 0 unspecified atom stereocenters. The Labute approximate surface area is 147 Å². The zero-order chi connectivity index (χ0) is 17.3. The summed E-state index contributed by atoms with van der Waals surface area (Å²) in [6, 6.07) is 23.2. The normalized spacial score (nSPS) is 14.3. The van der Waals surface area contributed by atoms with Crippen LogP contribution in [0.2, 0.25) is 0 Å². The van der Waals surface area contributed by atoms with Gasteiger partial charge in [-0.1, -0.05) is 60.7 Å². The Morgan fingerprint density at radius 3 is 1.92 bits per heavy atom. The van der Waals surface area contributed by atoms with Crippen LogP contribution in [0, 0.1) is 0 Å². The van der Waals surface area contributed by atoms with Gasteiger partial charge in [0, 0.05) is 17.7 Å². The van der Waals surface area contributed by atoms with Crippen LogP contribution in [-0.4, -0.2) is 11.7 Å². The van der Waals surface area contributed by atoms with Crippen LogP contribution in [0.5, 0.6) is 11.5 Å². The monoisotopic (exact) mass is 332 g/mol. The van der Waals surface area contributed by atoms with Gasteiger partial charge < -0.3 is 14.6 Å². The molecular formula is C22H20O3. The summed E-state index contributed by atoms with van der Waals surface area (Å²) in [5.41, 5.74) is 2.01. The lowest BCUT2D eigenvalue weighted by Crippen LogP contribution is -2.33. The Bertz CT molecular complexity index is 856. The number of ether oxygens (including phenoxy) is 2. The van der Waals surface area contributed by atoms with Crippen molar-refractivity contribution in [1.29, 1.82) is 0 Å². The molecule has 3 heteroatoms. The van der Waals surface area contributed by atoms with Crippen molar-refractivity contribution >= 4 is 0 Å². The quantitative estimate of drug-likeness (QED) is 0.758. The minimum absolute atomic E-state index is 0.459. The van der Waals surface area contributed by atoms with Crippen LogP contribution in [0.25, 0.3) is 0 Å². The fraction of sp³-hybridized carbons (Fsp3) is 0.182. The highest BCUT2D eigenvalue weighted by Gasteiger charge is 2.42. The second-order valence-corrected chi connectivity index (χ2v) is 6.10. The van der Waals surface area contributed by atoms with Gasteiger partial charge in [-0.15, -0.1) is 0 Å². The summed E-state index contributed by atoms with van der Waals surface area (Å²) in [7, 11) is 0. The van der Waals surface area contributed by atoms with Gasteiger partial charge in [-0.2, -0.15) is 0 Å². The molecule has 0 aliphatic carbocycles. The van der Waals surface area contributed by atoms with Crippen LogP contribution in [0.1, 0.15) is 29.2 Å². The van der Waals surface area contributed by atoms with E-state index in [9.17, 15) is 5.11 Å². The molecule has 0 aromatic heterocycles. The Hall–Kier alpha value is -2.62. The van der Waals surface area contributed by atoms with Crippen LogP contribution in [-0.2, 0) is 16.9 Å². The second-order valence-electron chi connectivity index (χ2n) is 6.10. The van der Waals surface area contributed by atoms with Crippen LogP contribution < -0.4 is 4.74 Å². The molecule has 126 valence electrons. The van der Waals surface area contributed by atoms with Crippen molar-refractivity contribution in [2.24, 2.45) is 0 Å². The van der Waals surface area contributed by atoms with E-state index in [1.807, 2.05) is 79.7 Å². The van der Waals surface area contributed by atoms with E-state index in [4.69, 9.17) is 9.47 Å². The second kappa shape index (κ2) is 6.36. The molecule has 3 aromatic rings. The molecule has 0 atom stereocenters. The smallest absolute Gasteiger partial charge is 0.148 e. The van der Waals surface area contributed by atoms with Crippen molar-refractivity contribution < 1.29 is 14.6 Å². The number of rotatable bonds is 4. The van der Waals surface area contributed by atoms with Crippen LogP contribution in [0.4, 0.5) is 0 Å². The zero-order valence-corrected chi connectivity index (χ0v) is 14.1. The van der Waals surface area contributed by atoms with Gasteiger partial charge in [0.15, 0.2) is 0 Å². The lowest BCUT2D eigenvalue weighted by molar-refractivity contribution is 0.101. The molecule has 0 amide bonds. The average molecular weight is 332 g/mol. The first-order valence-electron chi connectivity index (χ1n) is 8.50. The van der Waals surface area contributed by atoms with Gasteiger partial charge >= 0.3 is 0 Å². The summed E-state index contributed by atoms with van der Waals surface area (Å²) < 4.78 is 11.7. The van der Waals surface area contributed by atoms with E-state index < -0.39 is 5.60 Å². The molecule has 25 heavy (non-hydrogen) atoms. The van der Waals surface area contributed by atoms with Gasteiger partial charge in [-0.3, -0.25) is 0 Å². The summed E-state index contributed by atoms with van der Waals surface area (Å²) in [5.74, 6) is 1.35. The van der Waals surface area contributed by atoms with E-state index in [1.54, 1.807) is 0 Å². The van der Waals surface area contributed by atoms with E-state index in [2.05, 4.69) is 0 Å². The lowest BCUT2D eigenvalue weighted by Gasteiger charge is -2.37. The summed E-state index contributed by atoms with van der Waals surface area (Å²) in [4.78, 5) is 0. The van der Waals surface area contributed by atoms with E-state index in [0.717, 1.165) is 22.3 Å². The highest BCUT2D eigenvalue weighted by atomic mass is 16.5. The van der Waals surface area contributed by atoms with Gasteiger partial charge in [0.25, 0.3) is 0 Å². The number of aliphatic hydroxyl groups is 1. The highest BCUT2D eigenvalue weighted by molar-refractivity contribution is 5.61. The maximum Gasteiger partial charge on any atom is 0.148 e. The van der Waals surface area contributed by atoms with Gasteiger partial charge in [-0.05, 0) is 30.2 Å². The largest absolute Gasteiger partial charge is 0.457 e. The van der Waals surface area contributed by atoms with Crippen LogP contribution in [0.15, 0.2) is 72.8 Å². The minimum atomic E-state index is -1.28. The number of benzene rings is 3. The predicted molar refractivity (Wildman–Crippen MR) is 96.8 cm³/mol. The molecule has 0 saturated carbocycles. The summed E-state index contributed by atoms with van der Waals surface area (Å²) >= 11 is 0. The molecule has 1 aliphatic heterocycles. The summed E-state index contributed by atoms with van der Waals surface area (Å²) in [6.07, 6.45) is 0. The van der Waals surface area contributed by atoms with E-state index in [-0.39, 0.29) is 0 Å². The first kappa shape index (κ1) is 15.9. The molecule has 4 rings (SSSR count). The number of hydrogen-bond donors (Lipinski definition) is 1. The molecule has 0 spiro atoms. The Morgan fingerprint density at radius 2 is 1.32 bits per heavy atom. The Balaban J connectivity index is 1.98. The third-order valence-electron chi connectivity index (χ3n) is 4.64. The molecular weight excluding hydrogens is 312 g/mol. The van der Waals surface area contributed by atoms with Crippen LogP contribution in [0.3, 0.4) is 0 Å². The number of fused-ring (bicyclic) bond motifs is 2. The Morgan fingerprint density at radius 1 is 0.800 bits per heavy atom. The molecule has 0 fully saturated rings. The summed E-state index contributed by atoms with van der Waals surface area (Å²) in [6.45, 7) is 3.06. The lowest BCUT2D eigenvalue weighted by atomic mass is 9.76. The van der Waals surface area contributed by atoms with Crippen molar-refractivity contribution in [1.82, 2.24) is 0 Å². The standard InChI is InChI=1S/C22H20O3/c1-2-24-15-16-9-3-4-10-17(16)22(23)18-11-5-7-13-20(18)25-21-14-8-6-12-19(21)22/h3-14,23H,2,15H2,1H3. The topological polar surface area (TPSA) is 38.7 Å². The van der Waals surface area contributed by atoms with Crippen molar-refractivity contribution in [3.05, 3.63) is 95.1 Å². The molecule has 3 nitrogen and oxygen atoms in total. The molecule has 3 aromatic carbocycles. The van der Waals surface area contributed by atoms with Crippen molar-refractivity contribution in [2.75, 3.05) is 6.61 Å². The predicted octanol–water partition coefficient (Wildman–Crippen LogP) is 4.61. The molecule has 1 aliphatic rings. The van der Waals surface area contributed by atoms with Crippen LogP contribution >= 0.6 is 0 Å². The van der Waals surface area contributed by atoms with E-state index in [1.165, 1.54) is 0 Å². The van der Waals surface area contributed by atoms with E-state index in [0.29, 0.717) is 24.7 Å². The third-order valence-corrected chi connectivity index (χ3v) is 4.64. The maximum atomic E-state index is 12.0. The molecule has 0 bridgehead atoms. The third kappa shape index (κ3) is 2.53. The Kier molecular flexibility index (Phi) is 4.04. The molecule has 0 radical (unpaired) electrons. The average Bonchev–Trinajstić information content (AvgIpc) is 2.67. The van der Waals surface area contributed by atoms with Gasteiger partial charge in [0.05, 0.1) is 6.61 Å². The van der Waals surface area contributed by atoms with Gasteiger partial charge in [0.2, 0.25) is 0 Å². The first-order chi connectivity index (χ1) is 12.2. The number of para-hydroxylation sites is 2. The van der Waals surface area contributed by atoms with Crippen molar-refractivity contribution in [3.63, 3.8) is 0 Å². The fourth-order valence-corrected chi connectivity index (χ4v) is 3.47.